The molecule has 11 heteroatoms. The van der Waals surface area contributed by atoms with E-state index in [2.05, 4.69) is 24.8 Å². The molecule has 1 aromatic carbocycles. The summed E-state index contributed by atoms with van der Waals surface area (Å²) in [7, 11) is 0. The van der Waals surface area contributed by atoms with Crippen molar-refractivity contribution >= 4 is 17.5 Å². The number of allylic oxidation sites excluding steroid dienone is 1. The molecule has 0 saturated carbocycles. The fourth-order valence-electron chi connectivity index (χ4n) is 5.22. The van der Waals surface area contributed by atoms with Gasteiger partial charge in [-0.2, -0.15) is 0 Å². The van der Waals surface area contributed by atoms with Crippen LogP contribution in [0, 0.1) is 10.1 Å². The number of aromatic nitrogens is 2. The van der Waals surface area contributed by atoms with Gasteiger partial charge in [-0.25, -0.2) is 9.78 Å². The number of piperazine rings is 1. The van der Waals surface area contributed by atoms with Crippen LogP contribution >= 0.6 is 0 Å². The first kappa shape index (κ1) is 27.2. The second-order valence-electron chi connectivity index (χ2n) is 9.60. The van der Waals surface area contributed by atoms with Crippen molar-refractivity contribution in [2.45, 2.75) is 45.1 Å². The highest BCUT2D eigenvalue weighted by atomic mass is 16.6. The summed E-state index contributed by atoms with van der Waals surface area (Å²) in [6.07, 6.45) is 8.06. The Balaban J connectivity index is 1.29. The number of aliphatic carboxylic acids is 1. The largest absolute Gasteiger partial charge is 0.493 e. The zero-order valence-electron chi connectivity index (χ0n) is 21.8. The fourth-order valence-corrected chi connectivity index (χ4v) is 5.22. The molecule has 4 rings (SSSR count). The Morgan fingerprint density at radius 3 is 2.58 bits per heavy atom. The molecule has 1 N–H and O–H groups in total. The number of para-hydroxylation sites is 1. The number of ether oxygens (including phenoxy) is 1. The number of aliphatic imine (C=N–C) groups is 1. The lowest BCUT2D eigenvalue weighted by atomic mass is 9.80. The molecule has 0 bridgehead atoms. The van der Waals surface area contributed by atoms with Crippen LogP contribution in [0.2, 0.25) is 0 Å². The van der Waals surface area contributed by atoms with Gasteiger partial charge in [-0.05, 0) is 45.7 Å². The van der Waals surface area contributed by atoms with Crippen molar-refractivity contribution in [3.8, 4) is 5.75 Å². The Hall–Kier alpha value is -3.86. The molecule has 0 spiro atoms. The van der Waals surface area contributed by atoms with Crippen LogP contribution in [0.5, 0.6) is 5.75 Å². The van der Waals surface area contributed by atoms with Gasteiger partial charge in [0.05, 0.1) is 30.0 Å². The van der Waals surface area contributed by atoms with Crippen LogP contribution in [0.4, 0.5) is 5.82 Å². The number of carboxylic acid groups (broad SMARTS) is 1. The maximum absolute atomic E-state index is 12.1. The molecular weight excluding hydrogens is 488 g/mol. The molecule has 38 heavy (non-hydrogen) atoms. The number of rotatable bonds is 11. The number of nitrogens with zero attached hydrogens (tertiary/aromatic N) is 6. The van der Waals surface area contributed by atoms with E-state index in [1.807, 2.05) is 0 Å². The average Bonchev–Trinajstić information content (AvgIpc) is 2.90. The van der Waals surface area contributed by atoms with Gasteiger partial charge in [-0.3, -0.25) is 25.0 Å². The summed E-state index contributed by atoms with van der Waals surface area (Å²) in [6.45, 7) is 8.45. The van der Waals surface area contributed by atoms with Gasteiger partial charge in [-0.1, -0.05) is 18.2 Å². The van der Waals surface area contributed by atoms with Crippen LogP contribution in [-0.2, 0) is 4.79 Å². The summed E-state index contributed by atoms with van der Waals surface area (Å²) in [5.74, 6) is -0.781. The van der Waals surface area contributed by atoms with Crippen LogP contribution < -0.4 is 9.64 Å². The number of carbonyl (C=O) groups is 1. The first-order valence-electron chi connectivity index (χ1n) is 12.9. The van der Waals surface area contributed by atoms with Crippen LogP contribution in [0.1, 0.15) is 44.6 Å². The van der Waals surface area contributed by atoms with E-state index < -0.39 is 22.9 Å². The Bertz CT molecular complexity index is 1190. The van der Waals surface area contributed by atoms with E-state index in [1.54, 1.807) is 56.7 Å². The minimum atomic E-state index is -1.26. The lowest BCUT2D eigenvalue weighted by molar-refractivity contribution is -0.505. The predicted molar refractivity (Wildman–Crippen MR) is 143 cm³/mol. The zero-order valence-corrected chi connectivity index (χ0v) is 21.8. The second-order valence-corrected chi connectivity index (χ2v) is 9.60. The van der Waals surface area contributed by atoms with Gasteiger partial charge in [0, 0.05) is 54.8 Å². The van der Waals surface area contributed by atoms with Crippen LogP contribution in [-0.4, -0.2) is 82.0 Å². The van der Waals surface area contributed by atoms with Crippen molar-refractivity contribution in [2.24, 2.45) is 4.99 Å². The smallest absolute Gasteiger partial charge is 0.334 e. The Kier molecular flexibility index (Phi) is 9.01. The van der Waals surface area contributed by atoms with Gasteiger partial charge in [0.25, 0.3) is 6.04 Å². The van der Waals surface area contributed by atoms with Crippen molar-refractivity contribution in [1.29, 1.82) is 0 Å². The fraction of sp³-hybridized carbons (Fsp3) is 0.481. The van der Waals surface area contributed by atoms with Gasteiger partial charge in [0.15, 0.2) is 0 Å². The van der Waals surface area contributed by atoms with E-state index in [1.165, 1.54) is 0 Å². The molecule has 1 aromatic heterocycles. The molecule has 2 unspecified atom stereocenters. The maximum Gasteiger partial charge on any atom is 0.334 e. The average molecular weight is 523 g/mol. The number of nitro groups is 1. The first-order valence-corrected chi connectivity index (χ1v) is 12.9. The lowest BCUT2D eigenvalue weighted by Crippen LogP contribution is -2.46. The summed E-state index contributed by atoms with van der Waals surface area (Å²) >= 11 is 0. The Labute approximate surface area is 222 Å². The highest BCUT2D eigenvalue weighted by molar-refractivity contribution is 5.97. The van der Waals surface area contributed by atoms with Crippen LogP contribution in [0.25, 0.3) is 0 Å². The molecule has 2 aliphatic rings. The van der Waals surface area contributed by atoms with E-state index in [-0.39, 0.29) is 17.0 Å². The number of hydrogen-bond donors (Lipinski definition) is 1. The summed E-state index contributed by atoms with van der Waals surface area (Å²) in [5.41, 5.74) is 1.01. The number of benzene rings is 1. The monoisotopic (exact) mass is 522 g/mol. The van der Waals surface area contributed by atoms with Crippen molar-refractivity contribution < 1.29 is 19.6 Å². The summed E-state index contributed by atoms with van der Waals surface area (Å²) in [5, 5.41) is 21.8. The van der Waals surface area contributed by atoms with E-state index >= 15 is 0 Å². The molecule has 0 amide bonds. The second kappa shape index (κ2) is 12.6. The molecule has 11 nitrogen and oxygen atoms in total. The van der Waals surface area contributed by atoms with Gasteiger partial charge < -0.3 is 14.7 Å². The van der Waals surface area contributed by atoms with Gasteiger partial charge >= 0.3 is 5.97 Å². The highest BCUT2D eigenvalue weighted by Gasteiger charge is 2.45. The van der Waals surface area contributed by atoms with E-state index in [0.29, 0.717) is 17.9 Å². The van der Waals surface area contributed by atoms with Crippen molar-refractivity contribution in [3.05, 3.63) is 69.8 Å². The normalized spacial score (nSPS) is 20.3. The minimum absolute atomic E-state index is 0.0623. The molecule has 2 aliphatic heterocycles. The van der Waals surface area contributed by atoms with Gasteiger partial charge in [-0.15, -0.1) is 0 Å². The first-order chi connectivity index (χ1) is 18.4. The highest BCUT2D eigenvalue weighted by Crippen LogP contribution is 2.40. The number of anilines is 1. The minimum Gasteiger partial charge on any atom is -0.493 e. The SMILES string of the molecule is CC1=NC(C)=C(C(=O)O)C(c2ccccc2OCCCCCN2CCN(c3cnccn3)CC2)C1[N+](=O)[O-]. The lowest BCUT2D eigenvalue weighted by Gasteiger charge is -2.35. The molecule has 2 aromatic rings. The molecule has 1 saturated heterocycles. The standard InChI is InChI=1S/C27H34N6O5/c1-19-24(27(34)35)25(26(33(36)37)20(2)30-19)21-8-4-5-9-22(21)38-17-7-3-6-12-31-13-15-32(16-14-31)23-18-28-10-11-29-23/h4-5,8-11,18,25-26H,3,6-7,12-17H2,1-2H3,(H,34,35). The third-order valence-electron chi connectivity index (χ3n) is 7.12. The molecule has 0 radical (unpaired) electrons. The molecule has 2 atom stereocenters. The number of unbranched alkanes of at least 4 members (excludes halogenated alkanes) is 2. The number of hydrogen-bond acceptors (Lipinski definition) is 9. The molecule has 3 heterocycles. The van der Waals surface area contributed by atoms with E-state index in [4.69, 9.17) is 4.74 Å². The van der Waals surface area contributed by atoms with Gasteiger partial charge in [0.1, 0.15) is 11.6 Å². The Morgan fingerprint density at radius 1 is 1.13 bits per heavy atom. The number of carboxylic acids is 1. The Morgan fingerprint density at radius 2 is 1.89 bits per heavy atom. The van der Waals surface area contributed by atoms with E-state index in [0.717, 1.165) is 57.8 Å². The summed E-state index contributed by atoms with van der Waals surface area (Å²) < 4.78 is 6.06. The van der Waals surface area contributed by atoms with Crippen molar-refractivity contribution in [2.75, 3.05) is 44.2 Å². The zero-order chi connectivity index (χ0) is 27.1. The summed E-state index contributed by atoms with van der Waals surface area (Å²) in [4.78, 5) is 41.0. The van der Waals surface area contributed by atoms with Crippen molar-refractivity contribution in [1.82, 2.24) is 14.9 Å². The van der Waals surface area contributed by atoms with Gasteiger partial charge in [0.2, 0.25) is 0 Å². The maximum atomic E-state index is 12.1. The summed E-state index contributed by atoms with van der Waals surface area (Å²) in [6, 6.07) is 5.75. The molecule has 0 aliphatic carbocycles. The third kappa shape index (κ3) is 6.34. The van der Waals surface area contributed by atoms with E-state index in [9.17, 15) is 20.0 Å². The molecular formula is C27H34N6O5. The van der Waals surface area contributed by atoms with Crippen LogP contribution in [0.3, 0.4) is 0 Å². The molecule has 202 valence electrons. The van der Waals surface area contributed by atoms with Crippen molar-refractivity contribution in [3.63, 3.8) is 0 Å². The predicted octanol–water partition coefficient (Wildman–Crippen LogP) is 3.41. The molecule has 1 fully saturated rings. The third-order valence-corrected chi connectivity index (χ3v) is 7.12. The van der Waals surface area contributed by atoms with Crippen LogP contribution in [0.15, 0.2) is 59.1 Å². The topological polar surface area (TPSA) is 134 Å². The quantitative estimate of drug-likeness (QED) is 0.268.